The van der Waals surface area contributed by atoms with Crippen LogP contribution in [-0.4, -0.2) is 32.2 Å². The van der Waals surface area contributed by atoms with E-state index in [4.69, 9.17) is 4.74 Å². The maximum atomic E-state index is 12.0. The number of nitrogens with zero attached hydrogens (tertiary/aromatic N) is 4. The summed E-state index contributed by atoms with van der Waals surface area (Å²) in [6.45, 7) is 3.91. The number of carbonyl (C=O) groups excluding carboxylic acids is 1. The summed E-state index contributed by atoms with van der Waals surface area (Å²) in [5, 5.41) is 17.6. The molecule has 0 aliphatic carbocycles. The highest BCUT2D eigenvalue weighted by Crippen LogP contribution is 2.22. The van der Waals surface area contributed by atoms with E-state index in [-0.39, 0.29) is 18.2 Å². The molecule has 0 unspecified atom stereocenters. The topological polar surface area (TPSA) is 112 Å². The number of amides is 1. The second-order valence-electron chi connectivity index (χ2n) is 6.30. The van der Waals surface area contributed by atoms with Crippen molar-refractivity contribution in [3.8, 4) is 5.75 Å². The molecule has 28 heavy (non-hydrogen) atoms. The second kappa shape index (κ2) is 8.30. The van der Waals surface area contributed by atoms with Crippen molar-refractivity contribution in [1.29, 1.82) is 0 Å². The highest BCUT2D eigenvalue weighted by molar-refractivity contribution is 5.90. The number of nitro benzene ring substituents is 1. The van der Waals surface area contributed by atoms with Gasteiger partial charge in [-0.3, -0.25) is 20.2 Å². The fourth-order valence-corrected chi connectivity index (χ4v) is 2.66. The quantitative estimate of drug-likeness (QED) is 0.497. The van der Waals surface area contributed by atoms with E-state index >= 15 is 0 Å². The summed E-state index contributed by atoms with van der Waals surface area (Å²) in [5.74, 6) is 0.127. The van der Waals surface area contributed by atoms with Gasteiger partial charge in [-0.25, -0.2) is 9.67 Å². The van der Waals surface area contributed by atoms with Gasteiger partial charge in [0.1, 0.15) is 12.1 Å². The Balaban J connectivity index is 1.53. The van der Waals surface area contributed by atoms with Crippen molar-refractivity contribution < 1.29 is 14.5 Å². The summed E-state index contributed by atoms with van der Waals surface area (Å²) in [5.41, 5.74) is 2.70. The van der Waals surface area contributed by atoms with Crippen LogP contribution in [0, 0.1) is 24.0 Å². The molecule has 0 aliphatic rings. The van der Waals surface area contributed by atoms with E-state index in [1.54, 1.807) is 17.9 Å². The van der Waals surface area contributed by atoms with Crippen LogP contribution in [0.2, 0.25) is 0 Å². The average molecular weight is 381 g/mol. The van der Waals surface area contributed by atoms with Gasteiger partial charge >= 0.3 is 0 Å². The minimum absolute atomic E-state index is 0.000140. The van der Waals surface area contributed by atoms with Crippen molar-refractivity contribution in [2.75, 3.05) is 11.9 Å². The molecule has 9 heteroatoms. The SMILES string of the molecule is Cc1cccc(Cn2cnc(NC(=O)COc3ccc([N+](=O)[O-])c(C)c3)n2)c1. The fraction of sp³-hybridized carbons (Fsp3) is 0.211. The molecule has 0 atom stereocenters. The van der Waals surface area contributed by atoms with Crippen molar-refractivity contribution in [3.63, 3.8) is 0 Å². The van der Waals surface area contributed by atoms with Crippen molar-refractivity contribution in [2.45, 2.75) is 20.4 Å². The summed E-state index contributed by atoms with van der Waals surface area (Å²) in [6, 6.07) is 12.3. The van der Waals surface area contributed by atoms with Gasteiger partial charge in [0.25, 0.3) is 11.6 Å². The predicted molar refractivity (Wildman–Crippen MR) is 102 cm³/mol. The van der Waals surface area contributed by atoms with Gasteiger partial charge in [0.15, 0.2) is 6.61 Å². The van der Waals surface area contributed by atoms with Crippen LogP contribution in [0.3, 0.4) is 0 Å². The van der Waals surface area contributed by atoms with Gasteiger partial charge in [0.05, 0.1) is 11.5 Å². The van der Waals surface area contributed by atoms with Gasteiger partial charge in [-0.1, -0.05) is 29.8 Å². The van der Waals surface area contributed by atoms with Crippen LogP contribution in [0.5, 0.6) is 5.75 Å². The van der Waals surface area contributed by atoms with Crippen molar-refractivity contribution in [1.82, 2.24) is 14.8 Å². The molecule has 1 N–H and O–H groups in total. The number of anilines is 1. The van der Waals surface area contributed by atoms with E-state index < -0.39 is 10.8 Å². The summed E-state index contributed by atoms with van der Waals surface area (Å²) in [7, 11) is 0. The lowest BCUT2D eigenvalue weighted by atomic mass is 10.1. The number of nitro groups is 1. The first kappa shape index (κ1) is 19.0. The standard InChI is InChI=1S/C19H19N5O4/c1-13-4-3-5-15(8-13)10-23-12-20-19(22-23)21-18(25)11-28-16-6-7-17(24(26)27)14(2)9-16/h3-9,12H,10-11H2,1-2H3,(H,21,22,25). The fourth-order valence-electron chi connectivity index (χ4n) is 2.66. The highest BCUT2D eigenvalue weighted by Gasteiger charge is 2.12. The number of rotatable bonds is 7. The maximum absolute atomic E-state index is 12.0. The molecule has 1 aromatic heterocycles. The number of carbonyl (C=O) groups is 1. The predicted octanol–water partition coefficient (Wildman–Crippen LogP) is 2.87. The monoisotopic (exact) mass is 381 g/mol. The molecule has 1 heterocycles. The Hall–Kier alpha value is -3.75. The Kier molecular flexibility index (Phi) is 5.64. The first-order chi connectivity index (χ1) is 13.4. The van der Waals surface area contributed by atoms with Gasteiger partial charge in [-0.15, -0.1) is 5.10 Å². The van der Waals surface area contributed by atoms with Crippen LogP contribution in [0.4, 0.5) is 11.6 Å². The highest BCUT2D eigenvalue weighted by atomic mass is 16.6. The number of aryl methyl sites for hydroxylation is 2. The third-order valence-electron chi connectivity index (χ3n) is 3.95. The van der Waals surface area contributed by atoms with Crippen LogP contribution in [0.15, 0.2) is 48.8 Å². The van der Waals surface area contributed by atoms with Crippen molar-refractivity contribution in [2.24, 2.45) is 0 Å². The molecule has 144 valence electrons. The van der Waals surface area contributed by atoms with E-state index in [1.807, 2.05) is 25.1 Å². The summed E-state index contributed by atoms with van der Waals surface area (Å²) >= 11 is 0. The molecule has 0 bridgehead atoms. The molecule has 0 aliphatic heterocycles. The lowest BCUT2D eigenvalue weighted by molar-refractivity contribution is -0.385. The van der Waals surface area contributed by atoms with Crippen molar-refractivity contribution >= 4 is 17.5 Å². The summed E-state index contributed by atoms with van der Waals surface area (Å²) < 4.78 is 7.00. The molecule has 1 amide bonds. The van der Waals surface area contributed by atoms with Crippen molar-refractivity contribution in [3.05, 3.63) is 75.6 Å². The minimum Gasteiger partial charge on any atom is -0.484 e. The van der Waals surface area contributed by atoms with E-state index in [1.165, 1.54) is 18.2 Å². The maximum Gasteiger partial charge on any atom is 0.272 e. The minimum atomic E-state index is -0.468. The number of hydrogen-bond donors (Lipinski definition) is 1. The third kappa shape index (κ3) is 4.91. The lowest BCUT2D eigenvalue weighted by Gasteiger charge is -2.06. The first-order valence-electron chi connectivity index (χ1n) is 8.53. The zero-order valence-electron chi connectivity index (χ0n) is 15.5. The molecule has 0 radical (unpaired) electrons. The van der Waals surface area contributed by atoms with Gasteiger partial charge in [0, 0.05) is 11.6 Å². The van der Waals surface area contributed by atoms with Crippen LogP contribution >= 0.6 is 0 Å². The Morgan fingerprint density at radius 3 is 2.79 bits per heavy atom. The third-order valence-corrected chi connectivity index (χ3v) is 3.95. The molecule has 3 aromatic rings. The molecule has 9 nitrogen and oxygen atoms in total. The van der Waals surface area contributed by atoms with Crippen LogP contribution in [0.25, 0.3) is 0 Å². The van der Waals surface area contributed by atoms with Crippen LogP contribution in [0.1, 0.15) is 16.7 Å². The Morgan fingerprint density at radius 2 is 2.07 bits per heavy atom. The van der Waals surface area contributed by atoms with Gasteiger partial charge in [-0.2, -0.15) is 0 Å². The average Bonchev–Trinajstić information content (AvgIpc) is 3.06. The van der Waals surface area contributed by atoms with Crippen LogP contribution in [-0.2, 0) is 11.3 Å². The van der Waals surface area contributed by atoms with Crippen LogP contribution < -0.4 is 10.1 Å². The Bertz CT molecular complexity index is 1020. The molecule has 3 rings (SSSR count). The zero-order chi connectivity index (χ0) is 20.1. The van der Waals surface area contributed by atoms with E-state index in [9.17, 15) is 14.9 Å². The smallest absolute Gasteiger partial charge is 0.272 e. The molecule has 0 spiro atoms. The summed E-state index contributed by atoms with van der Waals surface area (Å²) in [4.78, 5) is 26.4. The Morgan fingerprint density at radius 1 is 1.25 bits per heavy atom. The molecule has 0 saturated carbocycles. The number of aromatic nitrogens is 3. The first-order valence-corrected chi connectivity index (χ1v) is 8.53. The summed E-state index contributed by atoms with van der Waals surface area (Å²) in [6.07, 6.45) is 1.54. The molecular formula is C19H19N5O4. The van der Waals surface area contributed by atoms with Gasteiger partial charge < -0.3 is 4.74 Å². The Labute approximate surface area is 161 Å². The number of benzene rings is 2. The molecular weight excluding hydrogens is 362 g/mol. The van der Waals surface area contributed by atoms with Gasteiger partial charge in [-0.05, 0) is 31.5 Å². The number of hydrogen-bond acceptors (Lipinski definition) is 6. The largest absolute Gasteiger partial charge is 0.484 e. The zero-order valence-corrected chi connectivity index (χ0v) is 15.5. The van der Waals surface area contributed by atoms with E-state index in [2.05, 4.69) is 21.5 Å². The van der Waals surface area contributed by atoms with E-state index in [0.717, 1.165) is 11.1 Å². The molecule has 0 fully saturated rings. The second-order valence-corrected chi connectivity index (χ2v) is 6.30. The number of ether oxygens (including phenoxy) is 1. The van der Waals surface area contributed by atoms with Gasteiger partial charge in [0.2, 0.25) is 5.95 Å². The number of nitrogens with one attached hydrogen (secondary N) is 1. The normalized spacial score (nSPS) is 10.5. The lowest BCUT2D eigenvalue weighted by Crippen LogP contribution is -2.21. The van der Waals surface area contributed by atoms with E-state index in [0.29, 0.717) is 17.9 Å². The molecule has 2 aromatic carbocycles. The molecule has 0 saturated heterocycles.